The number of halogens is 2. The molecule has 0 saturated heterocycles. The topological polar surface area (TPSA) is 91.8 Å². The number of carboxylic acids is 1. The first-order chi connectivity index (χ1) is 12.0. The summed E-state index contributed by atoms with van der Waals surface area (Å²) in [7, 11) is 0. The van der Waals surface area contributed by atoms with Crippen LogP contribution in [0.2, 0.25) is 10.0 Å². The van der Waals surface area contributed by atoms with Gasteiger partial charge in [0, 0.05) is 22.3 Å². The standard InChI is InChI=1S/C17H10Cl2N4O2/c18-11-5-3-10(4-6-11)15-12(7-8-20)14(17(24)25)22-23(15)16-13(19)2-1-9-21-16/h1-6,9H,7H2,(H,24,25). The number of pyridine rings is 1. The molecule has 0 atom stereocenters. The van der Waals surface area contributed by atoms with E-state index >= 15 is 0 Å². The Balaban J connectivity index is 2.36. The average molecular weight is 373 g/mol. The Morgan fingerprint density at radius 2 is 1.96 bits per heavy atom. The third-order valence-electron chi connectivity index (χ3n) is 3.50. The van der Waals surface area contributed by atoms with E-state index in [1.807, 2.05) is 6.07 Å². The van der Waals surface area contributed by atoms with Crippen LogP contribution < -0.4 is 0 Å². The van der Waals surface area contributed by atoms with Crippen LogP contribution in [-0.4, -0.2) is 25.8 Å². The molecule has 124 valence electrons. The lowest BCUT2D eigenvalue weighted by Crippen LogP contribution is -2.04. The molecule has 0 aliphatic carbocycles. The van der Waals surface area contributed by atoms with Gasteiger partial charge in [-0.3, -0.25) is 0 Å². The second-order valence-electron chi connectivity index (χ2n) is 5.04. The summed E-state index contributed by atoms with van der Waals surface area (Å²) in [5.74, 6) is -0.952. The third kappa shape index (κ3) is 3.20. The van der Waals surface area contributed by atoms with E-state index in [0.29, 0.717) is 26.9 Å². The maximum atomic E-state index is 11.6. The van der Waals surface area contributed by atoms with Crippen molar-refractivity contribution in [1.29, 1.82) is 5.26 Å². The summed E-state index contributed by atoms with van der Waals surface area (Å²) in [5, 5.41) is 23.6. The number of nitrogens with zero attached hydrogens (tertiary/aromatic N) is 4. The first-order valence-corrected chi connectivity index (χ1v) is 7.87. The summed E-state index contributed by atoms with van der Waals surface area (Å²) in [6.45, 7) is 0. The van der Waals surface area contributed by atoms with E-state index in [1.54, 1.807) is 36.4 Å². The van der Waals surface area contributed by atoms with Gasteiger partial charge in [0.15, 0.2) is 11.5 Å². The van der Waals surface area contributed by atoms with Crippen molar-refractivity contribution in [3.8, 4) is 23.1 Å². The molecule has 0 aliphatic heterocycles. The van der Waals surface area contributed by atoms with E-state index in [-0.39, 0.29) is 17.9 Å². The number of hydrogen-bond acceptors (Lipinski definition) is 4. The van der Waals surface area contributed by atoms with Gasteiger partial charge in [0.25, 0.3) is 0 Å². The van der Waals surface area contributed by atoms with Crippen LogP contribution >= 0.6 is 23.2 Å². The molecule has 0 aliphatic rings. The predicted molar refractivity (Wildman–Crippen MR) is 93.1 cm³/mol. The van der Waals surface area contributed by atoms with Gasteiger partial charge >= 0.3 is 5.97 Å². The zero-order valence-corrected chi connectivity index (χ0v) is 14.2. The Hall–Kier alpha value is -2.88. The molecule has 0 saturated carbocycles. The number of aromatic carboxylic acids is 1. The van der Waals surface area contributed by atoms with E-state index in [9.17, 15) is 9.90 Å². The van der Waals surface area contributed by atoms with Crippen LogP contribution in [0.3, 0.4) is 0 Å². The molecular weight excluding hydrogens is 363 g/mol. The van der Waals surface area contributed by atoms with Crippen molar-refractivity contribution < 1.29 is 9.90 Å². The molecule has 0 spiro atoms. The fourth-order valence-electron chi connectivity index (χ4n) is 2.46. The summed E-state index contributed by atoms with van der Waals surface area (Å²) in [6.07, 6.45) is 1.41. The second-order valence-corrected chi connectivity index (χ2v) is 5.89. The third-order valence-corrected chi connectivity index (χ3v) is 4.05. The highest BCUT2D eigenvalue weighted by atomic mass is 35.5. The van der Waals surface area contributed by atoms with Gasteiger partial charge in [-0.1, -0.05) is 35.3 Å². The van der Waals surface area contributed by atoms with Crippen LogP contribution in [0.5, 0.6) is 0 Å². The van der Waals surface area contributed by atoms with Crippen molar-refractivity contribution in [2.24, 2.45) is 0 Å². The van der Waals surface area contributed by atoms with Crippen LogP contribution in [-0.2, 0) is 6.42 Å². The lowest BCUT2D eigenvalue weighted by molar-refractivity contribution is 0.0689. The molecule has 2 heterocycles. The van der Waals surface area contributed by atoms with Crippen LogP contribution in [0, 0.1) is 11.3 Å². The lowest BCUT2D eigenvalue weighted by atomic mass is 10.0. The van der Waals surface area contributed by atoms with Gasteiger partial charge in [0.05, 0.1) is 23.2 Å². The highest BCUT2D eigenvalue weighted by Gasteiger charge is 2.25. The normalized spacial score (nSPS) is 10.4. The van der Waals surface area contributed by atoms with Crippen LogP contribution in [0.25, 0.3) is 17.1 Å². The molecule has 8 heteroatoms. The number of aromatic nitrogens is 3. The predicted octanol–water partition coefficient (Wildman–Crippen LogP) is 4.01. The monoisotopic (exact) mass is 372 g/mol. The van der Waals surface area contributed by atoms with Crippen molar-refractivity contribution >= 4 is 29.2 Å². The summed E-state index contributed by atoms with van der Waals surface area (Å²) in [6, 6.07) is 12.1. The zero-order valence-electron chi connectivity index (χ0n) is 12.6. The quantitative estimate of drug-likeness (QED) is 0.746. The molecule has 3 rings (SSSR count). The molecular formula is C17H10Cl2N4O2. The largest absolute Gasteiger partial charge is 0.476 e. The van der Waals surface area contributed by atoms with Crippen LogP contribution in [0.1, 0.15) is 16.1 Å². The Morgan fingerprint density at radius 3 is 2.56 bits per heavy atom. The minimum atomic E-state index is -1.23. The fourth-order valence-corrected chi connectivity index (χ4v) is 2.79. The Labute approximate surface area is 152 Å². The molecule has 0 bridgehead atoms. The maximum Gasteiger partial charge on any atom is 0.356 e. The van der Waals surface area contributed by atoms with E-state index in [1.165, 1.54) is 10.9 Å². The smallest absolute Gasteiger partial charge is 0.356 e. The zero-order chi connectivity index (χ0) is 18.0. The van der Waals surface area contributed by atoms with Gasteiger partial charge in [-0.2, -0.15) is 10.4 Å². The summed E-state index contributed by atoms with van der Waals surface area (Å²) in [4.78, 5) is 15.8. The number of benzene rings is 1. The van der Waals surface area contributed by atoms with E-state index < -0.39 is 5.97 Å². The molecule has 1 N–H and O–H groups in total. The fraction of sp³-hybridized carbons (Fsp3) is 0.0588. The van der Waals surface area contributed by atoms with Crippen molar-refractivity contribution in [3.05, 3.63) is 63.9 Å². The minimum absolute atomic E-state index is 0.121. The van der Waals surface area contributed by atoms with Gasteiger partial charge in [-0.15, -0.1) is 0 Å². The highest BCUT2D eigenvalue weighted by Crippen LogP contribution is 2.32. The van der Waals surface area contributed by atoms with Gasteiger partial charge in [0.2, 0.25) is 0 Å². The van der Waals surface area contributed by atoms with E-state index in [0.717, 1.165) is 0 Å². The Kier molecular flexibility index (Phi) is 4.70. The van der Waals surface area contributed by atoms with Crippen molar-refractivity contribution in [3.63, 3.8) is 0 Å². The van der Waals surface area contributed by atoms with Crippen LogP contribution in [0.4, 0.5) is 0 Å². The van der Waals surface area contributed by atoms with E-state index in [4.69, 9.17) is 28.5 Å². The number of rotatable bonds is 4. The van der Waals surface area contributed by atoms with E-state index in [2.05, 4.69) is 10.1 Å². The first-order valence-electron chi connectivity index (χ1n) is 7.12. The number of carbonyl (C=O) groups is 1. The van der Waals surface area contributed by atoms with Crippen LogP contribution in [0.15, 0.2) is 42.6 Å². The van der Waals surface area contributed by atoms with Gasteiger partial charge in [-0.25, -0.2) is 14.5 Å². The number of carboxylic acid groups (broad SMARTS) is 1. The molecule has 25 heavy (non-hydrogen) atoms. The lowest BCUT2D eigenvalue weighted by Gasteiger charge is -2.09. The average Bonchev–Trinajstić information content (AvgIpc) is 2.96. The summed E-state index contributed by atoms with van der Waals surface area (Å²) in [5.41, 5.74) is 1.17. The Morgan fingerprint density at radius 1 is 1.24 bits per heavy atom. The number of nitriles is 1. The molecule has 2 aromatic heterocycles. The molecule has 0 unspecified atom stereocenters. The van der Waals surface area contributed by atoms with Crippen molar-refractivity contribution in [2.75, 3.05) is 0 Å². The first kappa shape index (κ1) is 17.0. The molecule has 0 radical (unpaired) electrons. The highest BCUT2D eigenvalue weighted by molar-refractivity contribution is 6.32. The Bertz CT molecular complexity index is 991. The molecule has 6 nitrogen and oxygen atoms in total. The summed E-state index contributed by atoms with van der Waals surface area (Å²) >= 11 is 12.1. The molecule has 3 aromatic rings. The maximum absolute atomic E-state index is 11.6. The second kappa shape index (κ2) is 6.93. The summed E-state index contributed by atoms with van der Waals surface area (Å²) < 4.78 is 1.35. The van der Waals surface area contributed by atoms with Gasteiger partial charge in [-0.05, 0) is 24.3 Å². The number of hydrogen-bond donors (Lipinski definition) is 1. The van der Waals surface area contributed by atoms with Gasteiger partial charge in [0.1, 0.15) is 0 Å². The molecule has 0 amide bonds. The SMILES string of the molecule is N#CCc1c(C(=O)O)nn(-c2ncccc2Cl)c1-c1ccc(Cl)cc1. The molecule has 1 aromatic carbocycles. The molecule has 0 fully saturated rings. The minimum Gasteiger partial charge on any atom is -0.476 e. The van der Waals surface area contributed by atoms with Crippen molar-refractivity contribution in [1.82, 2.24) is 14.8 Å². The van der Waals surface area contributed by atoms with Crippen molar-refractivity contribution in [2.45, 2.75) is 6.42 Å². The van der Waals surface area contributed by atoms with Gasteiger partial charge < -0.3 is 5.11 Å².